The maximum atomic E-state index is 12.6. The Balaban J connectivity index is 2.05. The van der Waals surface area contributed by atoms with Crippen LogP contribution in [0.2, 0.25) is 0 Å². The molecule has 0 radical (unpaired) electrons. The molecule has 0 aromatic heterocycles. The van der Waals surface area contributed by atoms with Crippen LogP contribution in [0.4, 0.5) is 0 Å². The molecule has 2 aromatic carbocycles. The lowest BCUT2D eigenvalue weighted by atomic mass is 10.2. The summed E-state index contributed by atoms with van der Waals surface area (Å²) in [6.07, 6.45) is 0. The van der Waals surface area contributed by atoms with Crippen molar-refractivity contribution in [1.82, 2.24) is 4.90 Å². The number of amides is 1. The Morgan fingerprint density at radius 2 is 1.88 bits per heavy atom. The van der Waals surface area contributed by atoms with Crippen LogP contribution in [0.1, 0.15) is 25.0 Å². The summed E-state index contributed by atoms with van der Waals surface area (Å²) >= 11 is 0. The molecular formula is C20H22N2O3. The summed E-state index contributed by atoms with van der Waals surface area (Å²) in [6.45, 7) is 4.39. The number of hydrogen-bond acceptors (Lipinski definition) is 4. The van der Waals surface area contributed by atoms with Gasteiger partial charge < -0.3 is 14.4 Å². The zero-order valence-electron chi connectivity index (χ0n) is 14.7. The van der Waals surface area contributed by atoms with Gasteiger partial charge in [-0.1, -0.05) is 30.3 Å². The van der Waals surface area contributed by atoms with E-state index in [2.05, 4.69) is 0 Å². The molecule has 5 heteroatoms. The molecule has 0 saturated heterocycles. The van der Waals surface area contributed by atoms with Crippen LogP contribution >= 0.6 is 0 Å². The molecule has 0 aliphatic carbocycles. The van der Waals surface area contributed by atoms with Gasteiger partial charge in [-0.05, 0) is 31.5 Å². The maximum Gasteiger partial charge on any atom is 0.261 e. The summed E-state index contributed by atoms with van der Waals surface area (Å²) in [5, 5.41) is 8.93. The molecule has 2 aromatic rings. The Morgan fingerprint density at radius 1 is 1.16 bits per heavy atom. The zero-order chi connectivity index (χ0) is 18.2. The first-order chi connectivity index (χ1) is 12.0. The van der Waals surface area contributed by atoms with Crippen molar-refractivity contribution in [2.24, 2.45) is 0 Å². The molecule has 0 saturated carbocycles. The number of carbonyl (C=O) groups excluding carboxylic acids is 1. The van der Waals surface area contributed by atoms with Gasteiger partial charge in [0.15, 0.2) is 18.1 Å². The quantitative estimate of drug-likeness (QED) is 0.776. The number of ether oxygens (including phenoxy) is 2. The van der Waals surface area contributed by atoms with Crippen LogP contribution in [0, 0.1) is 11.3 Å². The highest BCUT2D eigenvalue weighted by atomic mass is 16.5. The van der Waals surface area contributed by atoms with Gasteiger partial charge in [-0.3, -0.25) is 4.79 Å². The predicted molar refractivity (Wildman–Crippen MR) is 95.3 cm³/mol. The lowest BCUT2D eigenvalue weighted by Gasteiger charge is -2.27. The van der Waals surface area contributed by atoms with Crippen LogP contribution < -0.4 is 9.47 Å². The van der Waals surface area contributed by atoms with E-state index in [9.17, 15) is 4.79 Å². The van der Waals surface area contributed by atoms with Gasteiger partial charge >= 0.3 is 0 Å². The van der Waals surface area contributed by atoms with Crippen LogP contribution in [0.25, 0.3) is 0 Å². The second kappa shape index (κ2) is 8.74. The van der Waals surface area contributed by atoms with E-state index < -0.39 is 0 Å². The third-order valence-electron chi connectivity index (χ3n) is 3.78. The van der Waals surface area contributed by atoms with Gasteiger partial charge in [0.2, 0.25) is 0 Å². The van der Waals surface area contributed by atoms with E-state index in [1.54, 1.807) is 23.1 Å². The summed E-state index contributed by atoms with van der Waals surface area (Å²) in [5.74, 6) is 0.773. The SMILES string of the molecule is COc1cc(C#N)ccc1OCC(=O)N(Cc1ccccc1)C(C)C. The Kier molecular flexibility index (Phi) is 6.41. The fraction of sp³-hybridized carbons (Fsp3) is 0.300. The lowest BCUT2D eigenvalue weighted by Crippen LogP contribution is -2.39. The molecule has 0 unspecified atom stereocenters. The Morgan fingerprint density at radius 3 is 2.48 bits per heavy atom. The zero-order valence-corrected chi connectivity index (χ0v) is 14.7. The third-order valence-corrected chi connectivity index (χ3v) is 3.78. The van der Waals surface area contributed by atoms with E-state index in [0.29, 0.717) is 23.6 Å². The van der Waals surface area contributed by atoms with Gasteiger partial charge in [0, 0.05) is 18.7 Å². The van der Waals surface area contributed by atoms with E-state index >= 15 is 0 Å². The van der Waals surface area contributed by atoms with Gasteiger partial charge in [0.25, 0.3) is 5.91 Å². The molecule has 0 spiro atoms. The molecular weight excluding hydrogens is 316 g/mol. The summed E-state index contributed by atoms with van der Waals surface area (Å²) in [4.78, 5) is 14.4. The minimum absolute atomic E-state index is 0.0548. The van der Waals surface area contributed by atoms with E-state index in [4.69, 9.17) is 14.7 Å². The Hall–Kier alpha value is -3.00. The monoisotopic (exact) mass is 338 g/mol. The predicted octanol–water partition coefficient (Wildman–Crippen LogP) is 3.38. The Bertz CT molecular complexity index is 751. The van der Waals surface area contributed by atoms with Crippen LogP contribution in [0.5, 0.6) is 11.5 Å². The fourth-order valence-electron chi connectivity index (χ4n) is 2.42. The van der Waals surface area contributed by atoms with Crippen molar-refractivity contribution in [2.75, 3.05) is 13.7 Å². The highest BCUT2D eigenvalue weighted by Crippen LogP contribution is 2.27. The molecule has 0 N–H and O–H groups in total. The van der Waals surface area contributed by atoms with Gasteiger partial charge in [-0.2, -0.15) is 5.26 Å². The molecule has 130 valence electrons. The van der Waals surface area contributed by atoms with Crippen molar-refractivity contribution < 1.29 is 14.3 Å². The van der Waals surface area contributed by atoms with Crippen LogP contribution in [0.3, 0.4) is 0 Å². The summed E-state index contributed by atoms with van der Waals surface area (Å²) in [6, 6.07) is 16.8. The van der Waals surface area contributed by atoms with E-state index in [0.717, 1.165) is 5.56 Å². The van der Waals surface area contributed by atoms with Crippen LogP contribution in [-0.2, 0) is 11.3 Å². The van der Waals surface area contributed by atoms with Gasteiger partial charge in [0.1, 0.15) is 0 Å². The number of hydrogen-bond donors (Lipinski definition) is 0. The molecule has 25 heavy (non-hydrogen) atoms. The third kappa shape index (κ3) is 4.98. The number of nitriles is 1. The van der Waals surface area contributed by atoms with Crippen LogP contribution in [-0.4, -0.2) is 30.6 Å². The second-order valence-electron chi connectivity index (χ2n) is 5.87. The number of rotatable bonds is 7. The first-order valence-corrected chi connectivity index (χ1v) is 8.09. The molecule has 0 aliphatic rings. The van der Waals surface area contributed by atoms with Crippen molar-refractivity contribution in [3.8, 4) is 17.6 Å². The number of carbonyl (C=O) groups is 1. The standard InChI is InChI=1S/C20H22N2O3/c1-15(2)22(13-16-7-5-4-6-8-16)20(23)14-25-18-10-9-17(12-21)11-19(18)24-3/h4-11,15H,13-14H2,1-3H3. The topological polar surface area (TPSA) is 62.6 Å². The highest BCUT2D eigenvalue weighted by Gasteiger charge is 2.18. The van der Waals surface area contributed by atoms with Gasteiger partial charge in [-0.25, -0.2) is 0 Å². The Labute approximate surface area is 148 Å². The summed E-state index contributed by atoms with van der Waals surface area (Å²) in [7, 11) is 1.50. The summed E-state index contributed by atoms with van der Waals surface area (Å²) < 4.78 is 10.9. The molecule has 0 heterocycles. The summed E-state index contributed by atoms with van der Waals surface area (Å²) in [5.41, 5.74) is 1.55. The normalized spacial score (nSPS) is 10.2. The lowest BCUT2D eigenvalue weighted by molar-refractivity contribution is -0.135. The van der Waals surface area contributed by atoms with E-state index in [1.807, 2.05) is 50.2 Å². The molecule has 1 amide bonds. The molecule has 0 aliphatic heterocycles. The van der Waals surface area contributed by atoms with Crippen molar-refractivity contribution in [2.45, 2.75) is 26.4 Å². The second-order valence-corrected chi connectivity index (χ2v) is 5.87. The van der Waals surface area contributed by atoms with Crippen molar-refractivity contribution in [3.05, 3.63) is 59.7 Å². The molecule has 0 bridgehead atoms. The molecule has 0 atom stereocenters. The van der Waals surface area contributed by atoms with Crippen LogP contribution in [0.15, 0.2) is 48.5 Å². The first-order valence-electron chi connectivity index (χ1n) is 8.09. The largest absolute Gasteiger partial charge is 0.493 e. The molecule has 2 rings (SSSR count). The van der Waals surface area contributed by atoms with Gasteiger partial charge in [0.05, 0.1) is 18.7 Å². The first kappa shape index (κ1) is 18.3. The number of methoxy groups -OCH3 is 1. The minimum atomic E-state index is -0.106. The van der Waals surface area contributed by atoms with Gasteiger partial charge in [-0.15, -0.1) is 0 Å². The van der Waals surface area contributed by atoms with Crippen molar-refractivity contribution >= 4 is 5.91 Å². The number of benzene rings is 2. The van der Waals surface area contributed by atoms with Crippen molar-refractivity contribution in [1.29, 1.82) is 5.26 Å². The fourth-order valence-corrected chi connectivity index (χ4v) is 2.42. The highest BCUT2D eigenvalue weighted by molar-refractivity contribution is 5.78. The van der Waals surface area contributed by atoms with Crippen molar-refractivity contribution in [3.63, 3.8) is 0 Å². The average Bonchev–Trinajstić information content (AvgIpc) is 2.64. The molecule has 0 fully saturated rings. The maximum absolute atomic E-state index is 12.6. The average molecular weight is 338 g/mol. The van der Waals surface area contributed by atoms with E-state index in [1.165, 1.54) is 7.11 Å². The smallest absolute Gasteiger partial charge is 0.261 e. The minimum Gasteiger partial charge on any atom is -0.493 e. The van der Waals surface area contributed by atoms with E-state index in [-0.39, 0.29) is 18.6 Å². The number of nitrogens with zero attached hydrogens (tertiary/aromatic N) is 2. The molecule has 5 nitrogen and oxygen atoms in total.